The first-order valence-electron chi connectivity index (χ1n) is 6.82. The molecule has 5 nitrogen and oxygen atoms in total. The molecule has 0 saturated heterocycles. The third-order valence-corrected chi connectivity index (χ3v) is 3.08. The lowest BCUT2D eigenvalue weighted by Gasteiger charge is -2.18. The number of carbonyl (C=O) groups is 2. The fourth-order valence-corrected chi connectivity index (χ4v) is 1.97. The number of rotatable bonds is 6. The molecule has 0 spiro atoms. The average molecular weight is 278 g/mol. The first kappa shape index (κ1) is 16.0. The van der Waals surface area contributed by atoms with E-state index in [0.717, 1.165) is 11.3 Å². The van der Waals surface area contributed by atoms with Gasteiger partial charge in [-0.15, -0.1) is 0 Å². The molecule has 0 heterocycles. The molecule has 5 heteroatoms. The van der Waals surface area contributed by atoms with Crippen LogP contribution in [0.1, 0.15) is 45.1 Å². The highest BCUT2D eigenvalue weighted by molar-refractivity contribution is 5.90. The first-order chi connectivity index (χ1) is 9.43. The molecule has 3 N–H and O–H groups in total. The maximum absolute atomic E-state index is 11.9. The van der Waals surface area contributed by atoms with Crippen LogP contribution in [0.25, 0.3) is 0 Å². The average Bonchev–Trinajstić information content (AvgIpc) is 2.37. The normalized spacial score (nSPS) is 12.0. The number of carboxylic acids is 1. The van der Waals surface area contributed by atoms with Crippen LogP contribution in [0.2, 0.25) is 0 Å². The van der Waals surface area contributed by atoms with Crippen LogP contribution in [0, 0.1) is 0 Å². The highest BCUT2D eigenvalue weighted by Gasteiger charge is 2.15. The summed E-state index contributed by atoms with van der Waals surface area (Å²) in [6.45, 7) is 5.95. The van der Waals surface area contributed by atoms with Crippen molar-refractivity contribution in [2.24, 2.45) is 0 Å². The fourth-order valence-electron chi connectivity index (χ4n) is 1.97. The molecule has 0 aliphatic carbocycles. The Hall–Kier alpha value is -2.04. The lowest BCUT2D eigenvalue weighted by atomic mass is 10.0. The van der Waals surface area contributed by atoms with Gasteiger partial charge in [-0.25, -0.2) is 4.79 Å². The van der Waals surface area contributed by atoms with Crippen molar-refractivity contribution < 1.29 is 14.7 Å². The van der Waals surface area contributed by atoms with Crippen molar-refractivity contribution in [3.63, 3.8) is 0 Å². The smallest absolute Gasteiger partial charge is 0.319 e. The molecule has 0 aromatic heterocycles. The molecule has 2 amide bonds. The number of hydrogen-bond donors (Lipinski definition) is 3. The number of para-hydroxylation sites is 1. The Morgan fingerprint density at radius 1 is 1.25 bits per heavy atom. The first-order valence-corrected chi connectivity index (χ1v) is 6.82. The summed E-state index contributed by atoms with van der Waals surface area (Å²) in [6.07, 6.45) is 0.501. The summed E-state index contributed by atoms with van der Waals surface area (Å²) in [5, 5.41) is 14.2. The number of anilines is 1. The van der Waals surface area contributed by atoms with Crippen LogP contribution >= 0.6 is 0 Å². The van der Waals surface area contributed by atoms with Gasteiger partial charge in [0.1, 0.15) is 0 Å². The molecule has 1 atom stereocenters. The second kappa shape index (κ2) is 7.53. The van der Waals surface area contributed by atoms with Gasteiger partial charge in [-0.05, 0) is 24.0 Å². The van der Waals surface area contributed by atoms with E-state index in [1.807, 2.05) is 31.2 Å². The third-order valence-electron chi connectivity index (χ3n) is 3.08. The number of benzene rings is 1. The Bertz CT molecular complexity index is 472. The molecule has 1 aromatic rings. The van der Waals surface area contributed by atoms with Gasteiger partial charge >= 0.3 is 12.0 Å². The fraction of sp³-hybridized carbons (Fsp3) is 0.467. The zero-order valence-corrected chi connectivity index (χ0v) is 12.1. The van der Waals surface area contributed by atoms with Gasteiger partial charge in [0.15, 0.2) is 0 Å². The number of carboxylic acid groups (broad SMARTS) is 1. The number of amides is 2. The van der Waals surface area contributed by atoms with Crippen molar-refractivity contribution in [2.45, 2.75) is 45.6 Å². The highest BCUT2D eigenvalue weighted by Crippen LogP contribution is 2.23. The van der Waals surface area contributed by atoms with Crippen molar-refractivity contribution in [1.82, 2.24) is 5.32 Å². The second-order valence-electron chi connectivity index (χ2n) is 5.04. The number of aliphatic carboxylic acids is 1. The molecule has 0 saturated carbocycles. The Morgan fingerprint density at radius 2 is 1.90 bits per heavy atom. The standard InChI is InChI=1S/C15H22N2O3/c1-4-11(9-14(18)19)16-15(20)17-13-8-6-5-7-12(13)10(2)3/h5-8,10-11H,4,9H2,1-3H3,(H,18,19)(H2,16,17,20). The topological polar surface area (TPSA) is 78.4 Å². The van der Waals surface area contributed by atoms with Crippen molar-refractivity contribution in [2.75, 3.05) is 5.32 Å². The van der Waals surface area contributed by atoms with Gasteiger partial charge in [-0.1, -0.05) is 39.0 Å². The van der Waals surface area contributed by atoms with Crippen molar-refractivity contribution in [3.8, 4) is 0 Å². The van der Waals surface area contributed by atoms with Crippen LogP contribution in [0.5, 0.6) is 0 Å². The van der Waals surface area contributed by atoms with Crippen LogP contribution < -0.4 is 10.6 Å². The van der Waals surface area contributed by atoms with E-state index in [0.29, 0.717) is 12.3 Å². The van der Waals surface area contributed by atoms with Gasteiger partial charge in [-0.2, -0.15) is 0 Å². The molecule has 1 rings (SSSR count). The van der Waals surface area contributed by atoms with Crippen LogP contribution in [0.4, 0.5) is 10.5 Å². The van der Waals surface area contributed by atoms with Crippen molar-refractivity contribution >= 4 is 17.7 Å². The van der Waals surface area contributed by atoms with Gasteiger partial charge in [0.25, 0.3) is 0 Å². The maximum atomic E-state index is 11.9. The Balaban J connectivity index is 2.68. The molecule has 0 fully saturated rings. The van der Waals surface area contributed by atoms with Crippen molar-refractivity contribution in [3.05, 3.63) is 29.8 Å². The molecule has 0 radical (unpaired) electrons. The van der Waals surface area contributed by atoms with E-state index >= 15 is 0 Å². The third kappa shape index (κ3) is 4.91. The van der Waals surface area contributed by atoms with Crippen LogP contribution in [-0.2, 0) is 4.79 Å². The lowest BCUT2D eigenvalue weighted by molar-refractivity contribution is -0.137. The predicted molar refractivity (Wildman–Crippen MR) is 79.0 cm³/mol. The monoisotopic (exact) mass is 278 g/mol. The van der Waals surface area contributed by atoms with E-state index in [-0.39, 0.29) is 18.5 Å². The molecule has 0 bridgehead atoms. The zero-order valence-electron chi connectivity index (χ0n) is 12.1. The molecule has 20 heavy (non-hydrogen) atoms. The van der Waals surface area contributed by atoms with Crippen molar-refractivity contribution in [1.29, 1.82) is 0 Å². The van der Waals surface area contributed by atoms with Gasteiger partial charge in [-0.3, -0.25) is 4.79 Å². The van der Waals surface area contributed by atoms with Crippen LogP contribution in [0.3, 0.4) is 0 Å². The summed E-state index contributed by atoms with van der Waals surface area (Å²) < 4.78 is 0. The minimum atomic E-state index is -0.917. The number of hydrogen-bond acceptors (Lipinski definition) is 2. The van der Waals surface area contributed by atoms with Gasteiger partial charge in [0, 0.05) is 11.7 Å². The van der Waals surface area contributed by atoms with Crippen LogP contribution in [-0.4, -0.2) is 23.1 Å². The highest BCUT2D eigenvalue weighted by atomic mass is 16.4. The molecule has 1 aromatic carbocycles. The summed E-state index contributed by atoms with van der Waals surface area (Å²) in [7, 11) is 0. The maximum Gasteiger partial charge on any atom is 0.319 e. The molecular weight excluding hydrogens is 256 g/mol. The van der Waals surface area contributed by atoms with Gasteiger partial charge < -0.3 is 15.7 Å². The van der Waals surface area contributed by atoms with E-state index < -0.39 is 5.97 Å². The Morgan fingerprint density at radius 3 is 2.45 bits per heavy atom. The summed E-state index contributed by atoms with van der Waals surface area (Å²) in [4.78, 5) is 22.6. The van der Waals surface area contributed by atoms with E-state index in [2.05, 4.69) is 24.5 Å². The molecule has 110 valence electrons. The molecule has 1 unspecified atom stereocenters. The molecular formula is C15H22N2O3. The largest absolute Gasteiger partial charge is 0.481 e. The number of carbonyl (C=O) groups excluding carboxylic acids is 1. The zero-order chi connectivity index (χ0) is 15.1. The predicted octanol–water partition coefficient (Wildman–Crippen LogP) is 3.18. The Kier molecular flexibility index (Phi) is 6.03. The van der Waals surface area contributed by atoms with E-state index in [1.165, 1.54) is 0 Å². The van der Waals surface area contributed by atoms with Crippen LogP contribution in [0.15, 0.2) is 24.3 Å². The summed E-state index contributed by atoms with van der Waals surface area (Å²) in [6, 6.07) is 6.86. The minimum Gasteiger partial charge on any atom is -0.481 e. The minimum absolute atomic E-state index is 0.0737. The second-order valence-corrected chi connectivity index (χ2v) is 5.04. The quantitative estimate of drug-likeness (QED) is 0.747. The van der Waals surface area contributed by atoms with E-state index in [4.69, 9.17) is 5.11 Å². The van der Waals surface area contributed by atoms with Gasteiger partial charge in [0.05, 0.1) is 6.42 Å². The molecule has 0 aliphatic heterocycles. The summed E-state index contributed by atoms with van der Waals surface area (Å²) in [5.74, 6) is -0.618. The number of nitrogens with one attached hydrogen (secondary N) is 2. The lowest BCUT2D eigenvalue weighted by Crippen LogP contribution is -2.39. The summed E-state index contributed by atoms with van der Waals surface area (Å²) in [5.41, 5.74) is 1.80. The SMILES string of the molecule is CCC(CC(=O)O)NC(=O)Nc1ccccc1C(C)C. The molecule has 0 aliphatic rings. The number of urea groups is 1. The Labute approximate surface area is 119 Å². The van der Waals surface area contributed by atoms with E-state index in [1.54, 1.807) is 0 Å². The van der Waals surface area contributed by atoms with E-state index in [9.17, 15) is 9.59 Å². The van der Waals surface area contributed by atoms with Gasteiger partial charge in [0.2, 0.25) is 0 Å². The summed E-state index contributed by atoms with van der Waals surface area (Å²) >= 11 is 0.